The van der Waals surface area contributed by atoms with E-state index in [1.54, 1.807) is 12.1 Å². The number of pyridine rings is 1. The first-order valence-corrected chi connectivity index (χ1v) is 7.04. The summed E-state index contributed by atoms with van der Waals surface area (Å²) in [7, 11) is 0. The topological polar surface area (TPSA) is 42.4 Å². The highest BCUT2D eigenvalue weighted by atomic mass is 35.5. The highest BCUT2D eigenvalue weighted by Crippen LogP contribution is 2.18. The number of aliphatic hydroxyl groups is 1. The Balaban J connectivity index is 2.19. The highest BCUT2D eigenvalue weighted by molar-refractivity contribution is 6.31. The van der Waals surface area contributed by atoms with Crippen LogP contribution < -0.4 is 4.74 Å². The maximum absolute atomic E-state index is 9.03. The minimum Gasteiger partial charge on any atom is -0.478 e. The van der Waals surface area contributed by atoms with Gasteiger partial charge in [0.1, 0.15) is 0 Å². The second-order valence-corrected chi connectivity index (χ2v) is 4.76. The van der Waals surface area contributed by atoms with Crippen LogP contribution in [0.25, 0.3) is 0 Å². The molecule has 0 atom stereocenters. The minimum absolute atomic E-state index is 0.160. The lowest BCUT2D eigenvalue weighted by molar-refractivity contribution is 0.266. The van der Waals surface area contributed by atoms with Gasteiger partial charge in [-0.2, -0.15) is 0 Å². The van der Waals surface area contributed by atoms with Gasteiger partial charge in [0.2, 0.25) is 5.88 Å². The summed E-state index contributed by atoms with van der Waals surface area (Å²) < 4.78 is 5.53. The Morgan fingerprint density at radius 1 is 1.17 bits per heavy atom. The molecule has 0 amide bonds. The van der Waals surface area contributed by atoms with Crippen LogP contribution in [0.5, 0.6) is 5.88 Å². The molecule has 102 valence electrons. The quantitative estimate of drug-likeness (QED) is 0.691. The van der Waals surface area contributed by atoms with Crippen LogP contribution in [0.15, 0.2) is 12.1 Å². The van der Waals surface area contributed by atoms with E-state index in [9.17, 15) is 0 Å². The van der Waals surface area contributed by atoms with Crippen LogP contribution >= 0.6 is 11.6 Å². The Labute approximate surface area is 114 Å². The number of aliphatic hydroxyl groups excluding tert-OH is 1. The lowest BCUT2D eigenvalue weighted by Crippen LogP contribution is -2.01. The molecule has 1 aromatic heterocycles. The van der Waals surface area contributed by atoms with Gasteiger partial charge in [0.15, 0.2) is 0 Å². The third-order valence-electron chi connectivity index (χ3n) is 2.79. The summed E-state index contributed by atoms with van der Waals surface area (Å²) in [5.41, 5.74) is 0.470. The first-order valence-electron chi connectivity index (χ1n) is 6.67. The molecule has 0 aliphatic rings. The molecule has 0 spiro atoms. The van der Waals surface area contributed by atoms with Crippen LogP contribution in [-0.4, -0.2) is 16.7 Å². The largest absolute Gasteiger partial charge is 0.478 e. The van der Waals surface area contributed by atoms with Crippen molar-refractivity contribution in [3.05, 3.63) is 22.8 Å². The van der Waals surface area contributed by atoms with E-state index in [4.69, 9.17) is 21.4 Å². The summed E-state index contributed by atoms with van der Waals surface area (Å²) in [5.74, 6) is 0.539. The van der Waals surface area contributed by atoms with E-state index in [0.29, 0.717) is 23.2 Å². The number of hydrogen-bond donors (Lipinski definition) is 1. The predicted octanol–water partition coefficient (Wildman–Crippen LogP) is 3.97. The van der Waals surface area contributed by atoms with Crippen LogP contribution in [0.1, 0.15) is 51.1 Å². The molecule has 0 fully saturated rings. The molecule has 4 heteroatoms. The summed E-state index contributed by atoms with van der Waals surface area (Å²) in [6.45, 7) is 2.73. The summed E-state index contributed by atoms with van der Waals surface area (Å²) in [6.07, 6.45) is 7.41. The average molecular weight is 272 g/mol. The zero-order chi connectivity index (χ0) is 13.2. The Morgan fingerprint density at radius 2 is 1.89 bits per heavy atom. The van der Waals surface area contributed by atoms with Crippen molar-refractivity contribution >= 4 is 11.6 Å². The molecular weight excluding hydrogens is 250 g/mol. The number of nitrogens with zero attached hydrogens (tertiary/aromatic N) is 1. The van der Waals surface area contributed by atoms with Gasteiger partial charge < -0.3 is 9.84 Å². The fourth-order valence-corrected chi connectivity index (χ4v) is 1.88. The molecule has 1 aromatic rings. The van der Waals surface area contributed by atoms with Gasteiger partial charge in [0, 0.05) is 6.07 Å². The summed E-state index contributed by atoms with van der Waals surface area (Å²) >= 11 is 5.85. The third-order valence-corrected chi connectivity index (χ3v) is 3.13. The molecule has 0 aliphatic heterocycles. The van der Waals surface area contributed by atoms with Crippen molar-refractivity contribution in [2.24, 2.45) is 0 Å². The zero-order valence-electron chi connectivity index (χ0n) is 11.0. The van der Waals surface area contributed by atoms with E-state index in [1.165, 1.54) is 32.1 Å². The molecule has 0 aliphatic carbocycles. The number of rotatable bonds is 9. The smallest absolute Gasteiger partial charge is 0.213 e. The molecule has 0 bridgehead atoms. The highest BCUT2D eigenvalue weighted by Gasteiger charge is 2.03. The van der Waals surface area contributed by atoms with Gasteiger partial charge >= 0.3 is 0 Å². The van der Waals surface area contributed by atoms with Gasteiger partial charge in [-0.15, -0.1) is 0 Å². The molecule has 0 radical (unpaired) electrons. The second-order valence-electron chi connectivity index (χ2n) is 4.35. The molecule has 1 rings (SSSR count). The van der Waals surface area contributed by atoms with Crippen LogP contribution in [-0.2, 0) is 6.61 Å². The van der Waals surface area contributed by atoms with Crippen molar-refractivity contribution in [2.75, 3.05) is 6.61 Å². The predicted molar refractivity (Wildman–Crippen MR) is 74.0 cm³/mol. The Bertz CT molecular complexity index is 345. The Hall–Kier alpha value is -0.800. The fraction of sp³-hybridized carbons (Fsp3) is 0.643. The molecule has 0 saturated carbocycles. The van der Waals surface area contributed by atoms with Gasteiger partial charge in [-0.1, -0.05) is 50.6 Å². The van der Waals surface area contributed by atoms with Crippen molar-refractivity contribution in [3.8, 4) is 5.88 Å². The monoisotopic (exact) mass is 271 g/mol. The number of aromatic nitrogens is 1. The SMILES string of the molecule is CCCCCCCCOc1ccc(Cl)c(CO)n1. The molecule has 1 N–H and O–H groups in total. The van der Waals surface area contributed by atoms with Gasteiger partial charge in [0.05, 0.1) is 23.9 Å². The standard InChI is InChI=1S/C14H22ClNO2/c1-2-3-4-5-6-7-10-18-14-9-8-12(15)13(11-17)16-14/h8-9,17H,2-7,10-11H2,1H3. The molecule has 18 heavy (non-hydrogen) atoms. The second kappa shape index (κ2) is 9.17. The molecule has 3 nitrogen and oxygen atoms in total. The molecular formula is C14H22ClNO2. The zero-order valence-corrected chi connectivity index (χ0v) is 11.7. The minimum atomic E-state index is -0.160. The first kappa shape index (κ1) is 15.3. The van der Waals surface area contributed by atoms with Gasteiger partial charge in [-0.3, -0.25) is 0 Å². The van der Waals surface area contributed by atoms with Crippen LogP contribution in [0.2, 0.25) is 5.02 Å². The fourth-order valence-electron chi connectivity index (χ4n) is 1.71. The van der Waals surface area contributed by atoms with Crippen molar-refractivity contribution in [2.45, 2.75) is 52.1 Å². The maximum atomic E-state index is 9.03. The van der Waals surface area contributed by atoms with Gasteiger partial charge in [-0.25, -0.2) is 4.98 Å². The number of hydrogen-bond acceptors (Lipinski definition) is 3. The van der Waals surface area contributed by atoms with Gasteiger partial charge in [0.25, 0.3) is 0 Å². The van der Waals surface area contributed by atoms with Crippen LogP contribution in [0.4, 0.5) is 0 Å². The van der Waals surface area contributed by atoms with Crippen LogP contribution in [0.3, 0.4) is 0 Å². The lowest BCUT2D eigenvalue weighted by Gasteiger charge is -2.07. The van der Waals surface area contributed by atoms with Crippen molar-refractivity contribution < 1.29 is 9.84 Å². The Kier molecular flexibility index (Phi) is 7.78. The van der Waals surface area contributed by atoms with E-state index in [1.807, 2.05) is 0 Å². The summed E-state index contributed by atoms with van der Waals surface area (Å²) in [4.78, 5) is 4.13. The molecule has 1 heterocycles. The summed E-state index contributed by atoms with van der Waals surface area (Å²) in [6, 6.07) is 3.44. The van der Waals surface area contributed by atoms with Crippen LogP contribution in [0, 0.1) is 0 Å². The van der Waals surface area contributed by atoms with E-state index >= 15 is 0 Å². The van der Waals surface area contributed by atoms with Crippen molar-refractivity contribution in [3.63, 3.8) is 0 Å². The number of halogens is 1. The normalized spacial score (nSPS) is 10.6. The van der Waals surface area contributed by atoms with Gasteiger partial charge in [-0.05, 0) is 12.5 Å². The number of unbranched alkanes of at least 4 members (excludes halogenated alkanes) is 5. The van der Waals surface area contributed by atoms with Crippen molar-refractivity contribution in [1.82, 2.24) is 4.98 Å². The molecule has 0 unspecified atom stereocenters. The van der Waals surface area contributed by atoms with E-state index < -0.39 is 0 Å². The third kappa shape index (κ3) is 5.69. The average Bonchev–Trinajstić information content (AvgIpc) is 2.39. The molecule has 0 saturated heterocycles. The number of ether oxygens (including phenoxy) is 1. The first-order chi connectivity index (χ1) is 8.77. The van der Waals surface area contributed by atoms with E-state index in [-0.39, 0.29) is 6.61 Å². The van der Waals surface area contributed by atoms with E-state index in [0.717, 1.165) is 6.42 Å². The van der Waals surface area contributed by atoms with E-state index in [2.05, 4.69) is 11.9 Å². The van der Waals surface area contributed by atoms with Crippen molar-refractivity contribution in [1.29, 1.82) is 0 Å². The maximum Gasteiger partial charge on any atom is 0.213 e. The lowest BCUT2D eigenvalue weighted by atomic mass is 10.1. The Morgan fingerprint density at radius 3 is 2.61 bits per heavy atom. The molecule has 0 aromatic carbocycles. The summed E-state index contributed by atoms with van der Waals surface area (Å²) in [5, 5.41) is 9.51.